The summed E-state index contributed by atoms with van der Waals surface area (Å²) in [5, 5.41) is 0. The second-order valence-electron chi connectivity index (χ2n) is 3.93. The van der Waals surface area contributed by atoms with Crippen molar-refractivity contribution in [3.8, 4) is 0 Å². The number of aromatic nitrogens is 1. The van der Waals surface area contributed by atoms with Gasteiger partial charge in [-0.05, 0) is 12.8 Å². The second-order valence-corrected chi connectivity index (χ2v) is 4.15. The maximum atomic E-state index is 12.1. The molecular weight excluding hydrogens is 236 g/mol. The van der Waals surface area contributed by atoms with Crippen LogP contribution >= 0.6 is 12.8 Å². The fourth-order valence-corrected chi connectivity index (χ4v) is 1.95. The maximum Gasteiger partial charge on any atom is 0.266 e. The zero-order valence-corrected chi connectivity index (χ0v) is 11.1. The number of thiol groups is 1. The minimum atomic E-state index is -0.463. The van der Waals surface area contributed by atoms with Crippen LogP contribution in [0, 0.1) is 0 Å². The van der Waals surface area contributed by atoms with Gasteiger partial charge < -0.3 is 4.98 Å². The number of pyridine rings is 1. The molecule has 4 nitrogen and oxygen atoms in total. The van der Waals surface area contributed by atoms with Crippen molar-refractivity contribution >= 4 is 18.7 Å². The molecule has 0 aliphatic rings. The largest absolute Gasteiger partial charge is 0.364 e. The van der Waals surface area contributed by atoms with Gasteiger partial charge in [-0.1, -0.05) is 39.5 Å². The highest BCUT2D eigenvalue weighted by molar-refractivity contribution is 7.78. The van der Waals surface area contributed by atoms with E-state index in [-0.39, 0.29) is 11.0 Å². The van der Waals surface area contributed by atoms with Crippen molar-refractivity contribution in [2.45, 2.75) is 39.5 Å². The maximum absolute atomic E-state index is 12.1. The van der Waals surface area contributed by atoms with Crippen LogP contribution in [0.1, 0.15) is 48.3 Å². The van der Waals surface area contributed by atoms with Gasteiger partial charge in [0.05, 0.1) is 0 Å². The average Bonchev–Trinajstić information content (AvgIpc) is 2.33. The molecule has 0 aromatic carbocycles. The first-order valence-corrected chi connectivity index (χ1v) is 6.28. The Morgan fingerprint density at radius 2 is 2.00 bits per heavy atom. The fraction of sp³-hybridized carbons (Fsp3) is 0.500. The van der Waals surface area contributed by atoms with E-state index in [9.17, 15) is 9.59 Å². The van der Waals surface area contributed by atoms with Crippen LogP contribution < -0.4 is 10.2 Å². The summed E-state index contributed by atoms with van der Waals surface area (Å²) in [6.07, 6.45) is 4.83. The predicted octanol–water partition coefficient (Wildman–Crippen LogP) is 1.85. The molecule has 0 radical (unpaired) electrons. The highest BCUT2D eigenvalue weighted by Gasteiger charge is 2.15. The summed E-state index contributed by atoms with van der Waals surface area (Å²) in [4.78, 5) is 26.6. The summed E-state index contributed by atoms with van der Waals surface area (Å²) in [5.74, 6) is -0.463. The lowest BCUT2D eigenvalue weighted by molar-refractivity contribution is 0.0983. The molecule has 1 heterocycles. The number of carbonyl (C=O) groups excluding carboxylic acids is 1. The number of aromatic amines is 1. The zero-order chi connectivity index (χ0) is 12.8. The van der Waals surface area contributed by atoms with Crippen LogP contribution in [-0.2, 0) is 12.8 Å². The van der Waals surface area contributed by atoms with E-state index >= 15 is 0 Å². The Hall–Kier alpha value is -1.23. The van der Waals surface area contributed by atoms with Gasteiger partial charge in [-0.15, -0.1) is 0 Å². The van der Waals surface area contributed by atoms with Crippen molar-refractivity contribution < 1.29 is 4.79 Å². The third kappa shape index (κ3) is 3.12. The van der Waals surface area contributed by atoms with E-state index in [0.717, 1.165) is 30.5 Å². The van der Waals surface area contributed by atoms with Crippen molar-refractivity contribution in [1.29, 1.82) is 0 Å². The van der Waals surface area contributed by atoms with Gasteiger partial charge in [0.25, 0.3) is 5.91 Å². The normalized spacial score (nSPS) is 10.3. The minimum absolute atomic E-state index is 0.128. The van der Waals surface area contributed by atoms with Crippen molar-refractivity contribution in [2.24, 2.45) is 0 Å². The van der Waals surface area contributed by atoms with Gasteiger partial charge in [-0.2, -0.15) is 0 Å². The van der Waals surface area contributed by atoms with Crippen molar-refractivity contribution in [2.75, 3.05) is 0 Å². The average molecular weight is 254 g/mol. The first kappa shape index (κ1) is 13.8. The number of amides is 1. The lowest BCUT2D eigenvalue weighted by Crippen LogP contribution is -2.26. The Morgan fingerprint density at radius 3 is 2.53 bits per heavy atom. The monoisotopic (exact) mass is 254 g/mol. The van der Waals surface area contributed by atoms with Gasteiger partial charge in [0, 0.05) is 17.5 Å². The first-order chi connectivity index (χ1) is 8.15. The van der Waals surface area contributed by atoms with E-state index in [2.05, 4.69) is 29.4 Å². The van der Waals surface area contributed by atoms with Crippen LogP contribution in [0.25, 0.3) is 0 Å². The molecule has 1 aromatic rings. The summed E-state index contributed by atoms with van der Waals surface area (Å²) in [6.45, 7) is 4.07. The van der Waals surface area contributed by atoms with Gasteiger partial charge in [0.2, 0.25) is 0 Å². The van der Waals surface area contributed by atoms with Crippen LogP contribution in [0.4, 0.5) is 0 Å². The van der Waals surface area contributed by atoms with Crippen LogP contribution in [-0.4, -0.2) is 10.9 Å². The van der Waals surface area contributed by atoms with E-state index in [4.69, 9.17) is 0 Å². The number of aryl methyl sites for hydroxylation is 1. The summed E-state index contributed by atoms with van der Waals surface area (Å²) >= 11 is 3.68. The summed E-state index contributed by atoms with van der Waals surface area (Å²) in [5.41, 5.74) is 1.61. The Balaban J connectivity index is 3.27. The molecule has 0 fully saturated rings. The van der Waals surface area contributed by atoms with Crippen molar-refractivity contribution in [3.63, 3.8) is 0 Å². The molecule has 0 aliphatic carbocycles. The Kier molecular flexibility index (Phi) is 5.28. The lowest BCUT2D eigenvalue weighted by atomic mass is 10.0. The number of hydrogen-bond donors (Lipinski definition) is 3. The van der Waals surface area contributed by atoms with E-state index in [1.807, 2.05) is 6.92 Å². The number of nitrogens with one attached hydrogen (secondary N) is 2. The van der Waals surface area contributed by atoms with Crippen LogP contribution in [0.2, 0.25) is 0 Å². The molecular formula is C12H18N2O2S. The Labute approximate surface area is 106 Å². The molecule has 0 bridgehead atoms. The van der Waals surface area contributed by atoms with Crippen LogP contribution in [0.15, 0.2) is 11.0 Å². The van der Waals surface area contributed by atoms with Crippen molar-refractivity contribution in [1.82, 2.24) is 9.71 Å². The fourth-order valence-electron chi connectivity index (χ4n) is 1.83. The highest BCUT2D eigenvalue weighted by Crippen LogP contribution is 2.08. The molecule has 0 atom stereocenters. The van der Waals surface area contributed by atoms with E-state index < -0.39 is 5.91 Å². The molecule has 1 rings (SSSR count). The highest BCUT2D eigenvalue weighted by atomic mass is 32.1. The molecule has 0 aliphatic heterocycles. The van der Waals surface area contributed by atoms with Crippen molar-refractivity contribution in [3.05, 3.63) is 33.2 Å². The Bertz CT molecular complexity index is 454. The summed E-state index contributed by atoms with van der Waals surface area (Å²) in [6, 6.07) is 0. The van der Waals surface area contributed by atoms with E-state index in [0.29, 0.717) is 6.42 Å². The third-order valence-corrected chi connectivity index (χ3v) is 2.82. The number of rotatable bonds is 5. The van der Waals surface area contributed by atoms with Gasteiger partial charge in [-0.3, -0.25) is 14.3 Å². The SMILES string of the molecule is CCCc1[nH]cc(C(=O)NS)c(=O)c1CCC. The van der Waals surface area contributed by atoms with E-state index in [1.165, 1.54) is 6.20 Å². The standard InChI is InChI=1S/C12H18N2O2S/c1-3-5-8-10(6-4-2)13-7-9(11(8)15)12(16)14-17/h7,17H,3-6H2,1-2H3,(H,13,15)(H,14,16). The zero-order valence-electron chi connectivity index (χ0n) is 10.2. The predicted molar refractivity (Wildman–Crippen MR) is 71.5 cm³/mol. The number of H-pyrrole nitrogens is 1. The van der Waals surface area contributed by atoms with Crippen LogP contribution in [0.5, 0.6) is 0 Å². The van der Waals surface area contributed by atoms with Gasteiger partial charge in [0.1, 0.15) is 5.56 Å². The smallest absolute Gasteiger partial charge is 0.266 e. The molecule has 1 amide bonds. The molecule has 94 valence electrons. The quantitative estimate of drug-likeness (QED) is 0.702. The molecule has 0 unspecified atom stereocenters. The number of carbonyl (C=O) groups is 1. The molecule has 0 saturated heterocycles. The summed E-state index contributed by atoms with van der Waals surface area (Å²) < 4.78 is 2.18. The second kappa shape index (κ2) is 6.49. The molecule has 0 saturated carbocycles. The molecule has 17 heavy (non-hydrogen) atoms. The Morgan fingerprint density at radius 1 is 1.35 bits per heavy atom. The molecule has 0 spiro atoms. The first-order valence-electron chi connectivity index (χ1n) is 5.83. The molecule has 1 aromatic heterocycles. The lowest BCUT2D eigenvalue weighted by Gasteiger charge is -2.09. The van der Waals surface area contributed by atoms with Gasteiger partial charge in [0.15, 0.2) is 5.43 Å². The number of hydrogen-bond acceptors (Lipinski definition) is 3. The molecule has 2 N–H and O–H groups in total. The topological polar surface area (TPSA) is 62.0 Å². The minimum Gasteiger partial charge on any atom is -0.364 e. The summed E-state index contributed by atoms with van der Waals surface area (Å²) in [7, 11) is 0. The van der Waals surface area contributed by atoms with Gasteiger partial charge >= 0.3 is 0 Å². The van der Waals surface area contributed by atoms with E-state index in [1.54, 1.807) is 0 Å². The van der Waals surface area contributed by atoms with Gasteiger partial charge in [-0.25, -0.2) is 0 Å². The molecule has 5 heteroatoms. The van der Waals surface area contributed by atoms with Crippen LogP contribution in [0.3, 0.4) is 0 Å². The third-order valence-electron chi connectivity index (χ3n) is 2.62.